The van der Waals surface area contributed by atoms with Crippen molar-refractivity contribution in [3.05, 3.63) is 60.3 Å². The van der Waals surface area contributed by atoms with Crippen LogP contribution in [0.2, 0.25) is 0 Å². The standard InChI is InChI=1S/C17H14N4O3S2/c18-26(23,24)17-20-21-15(9-19-16(21)25-17)14-7-5-13(6-8-14)12-3-1-11(10-22)2-4-12/h1-9,22H,10H2,(H2,18,23,24). The molecule has 3 N–H and O–H groups in total. The number of imidazole rings is 1. The summed E-state index contributed by atoms with van der Waals surface area (Å²) < 4.78 is 24.2. The molecule has 0 atom stereocenters. The lowest BCUT2D eigenvalue weighted by atomic mass is 10.0. The number of aliphatic hydroxyl groups is 1. The Hall–Kier alpha value is -2.59. The Kier molecular flexibility index (Phi) is 4.08. The normalized spacial score (nSPS) is 11.9. The molecule has 0 aliphatic heterocycles. The van der Waals surface area contributed by atoms with Crippen LogP contribution < -0.4 is 5.14 Å². The first-order valence-corrected chi connectivity index (χ1v) is 10.00. The predicted octanol–water partition coefficient (Wildman–Crippen LogP) is 2.26. The smallest absolute Gasteiger partial charge is 0.267 e. The lowest BCUT2D eigenvalue weighted by molar-refractivity contribution is 0.282. The molecule has 2 aromatic heterocycles. The summed E-state index contributed by atoms with van der Waals surface area (Å²) >= 11 is 0.931. The van der Waals surface area contributed by atoms with Crippen LogP contribution in [-0.4, -0.2) is 28.1 Å². The number of fused-ring (bicyclic) bond motifs is 1. The van der Waals surface area contributed by atoms with Gasteiger partial charge in [0.2, 0.25) is 9.30 Å². The molecule has 0 saturated heterocycles. The van der Waals surface area contributed by atoms with Gasteiger partial charge < -0.3 is 5.11 Å². The van der Waals surface area contributed by atoms with E-state index in [1.807, 2.05) is 48.5 Å². The minimum absolute atomic E-state index is 0.0184. The molecule has 0 amide bonds. The van der Waals surface area contributed by atoms with Crippen molar-refractivity contribution in [3.63, 3.8) is 0 Å². The molecule has 4 rings (SSSR count). The molecule has 26 heavy (non-hydrogen) atoms. The van der Waals surface area contributed by atoms with Crippen LogP contribution in [0.15, 0.2) is 59.1 Å². The van der Waals surface area contributed by atoms with Crippen molar-refractivity contribution in [2.75, 3.05) is 0 Å². The maximum Gasteiger partial charge on any atom is 0.267 e. The highest BCUT2D eigenvalue weighted by molar-refractivity contribution is 7.91. The summed E-state index contributed by atoms with van der Waals surface area (Å²) in [4.78, 5) is 4.67. The number of aromatic nitrogens is 3. The minimum atomic E-state index is -3.85. The van der Waals surface area contributed by atoms with Crippen molar-refractivity contribution < 1.29 is 13.5 Å². The number of hydrogen-bond donors (Lipinski definition) is 2. The van der Waals surface area contributed by atoms with Gasteiger partial charge in [0.05, 0.1) is 18.5 Å². The average Bonchev–Trinajstić information content (AvgIpc) is 3.22. The highest BCUT2D eigenvalue weighted by atomic mass is 32.2. The van der Waals surface area contributed by atoms with E-state index in [0.717, 1.165) is 33.6 Å². The van der Waals surface area contributed by atoms with Crippen LogP contribution in [0.5, 0.6) is 0 Å². The SMILES string of the molecule is NS(=O)(=O)c1nn2c(-c3ccc(-c4ccc(CO)cc4)cc3)cnc2s1. The van der Waals surface area contributed by atoms with Crippen LogP contribution in [0.3, 0.4) is 0 Å². The lowest BCUT2D eigenvalue weighted by Gasteiger charge is -2.05. The second-order valence-electron chi connectivity index (χ2n) is 5.68. The van der Waals surface area contributed by atoms with E-state index >= 15 is 0 Å². The molecule has 0 aliphatic carbocycles. The van der Waals surface area contributed by atoms with Gasteiger partial charge in [0.25, 0.3) is 10.0 Å². The molecule has 0 radical (unpaired) electrons. The average molecular weight is 386 g/mol. The summed E-state index contributed by atoms with van der Waals surface area (Å²) in [5.74, 6) is 0. The maximum atomic E-state index is 11.5. The molecule has 0 spiro atoms. The molecule has 0 unspecified atom stereocenters. The third-order valence-corrected chi connectivity index (χ3v) is 6.19. The molecule has 9 heteroatoms. The molecule has 0 aliphatic rings. The molecule has 2 heterocycles. The van der Waals surface area contributed by atoms with E-state index < -0.39 is 10.0 Å². The van der Waals surface area contributed by atoms with Gasteiger partial charge in [-0.15, -0.1) is 5.10 Å². The highest BCUT2D eigenvalue weighted by Gasteiger charge is 2.18. The molecular formula is C17H14N4O3S2. The number of aliphatic hydroxyl groups excluding tert-OH is 1. The van der Waals surface area contributed by atoms with Gasteiger partial charge in [0.15, 0.2) is 0 Å². The fourth-order valence-electron chi connectivity index (χ4n) is 2.62. The Balaban J connectivity index is 1.70. The van der Waals surface area contributed by atoms with Crippen LogP contribution in [0.25, 0.3) is 27.3 Å². The molecule has 4 aromatic rings. The fraction of sp³-hybridized carbons (Fsp3) is 0.0588. The Bertz CT molecular complexity index is 1180. The van der Waals surface area contributed by atoms with Crippen molar-refractivity contribution in [1.82, 2.24) is 14.6 Å². The Morgan fingerprint density at radius 3 is 2.15 bits per heavy atom. The van der Waals surface area contributed by atoms with Gasteiger partial charge in [-0.25, -0.2) is 23.1 Å². The molecule has 0 bridgehead atoms. The van der Waals surface area contributed by atoms with Crippen LogP contribution in [0, 0.1) is 0 Å². The zero-order valence-electron chi connectivity index (χ0n) is 13.4. The number of benzene rings is 2. The molecule has 0 saturated carbocycles. The Morgan fingerprint density at radius 1 is 1.00 bits per heavy atom. The summed E-state index contributed by atoms with van der Waals surface area (Å²) in [7, 11) is -3.85. The summed E-state index contributed by atoms with van der Waals surface area (Å²) in [5, 5.41) is 18.3. The van der Waals surface area contributed by atoms with E-state index in [2.05, 4.69) is 10.1 Å². The highest BCUT2D eigenvalue weighted by Crippen LogP contribution is 2.28. The van der Waals surface area contributed by atoms with Gasteiger partial charge in [-0.3, -0.25) is 0 Å². The van der Waals surface area contributed by atoms with Crippen molar-refractivity contribution in [1.29, 1.82) is 0 Å². The summed E-state index contributed by atoms with van der Waals surface area (Å²) in [6.07, 6.45) is 1.65. The van der Waals surface area contributed by atoms with Crippen molar-refractivity contribution in [2.24, 2.45) is 5.14 Å². The first-order chi connectivity index (χ1) is 12.5. The molecule has 132 valence electrons. The Labute approximate surface area is 153 Å². The number of primary sulfonamides is 1. The third-order valence-electron chi connectivity index (χ3n) is 3.96. The van der Waals surface area contributed by atoms with Gasteiger partial charge in [-0.2, -0.15) is 0 Å². The van der Waals surface area contributed by atoms with Crippen LogP contribution >= 0.6 is 11.3 Å². The molecular weight excluding hydrogens is 372 g/mol. The maximum absolute atomic E-state index is 11.5. The number of sulfonamides is 1. The van der Waals surface area contributed by atoms with E-state index in [4.69, 9.17) is 10.2 Å². The number of nitrogens with zero attached hydrogens (tertiary/aromatic N) is 3. The second kappa shape index (κ2) is 6.29. The number of nitrogens with two attached hydrogens (primary N) is 1. The van der Waals surface area contributed by atoms with Gasteiger partial charge in [-0.1, -0.05) is 59.9 Å². The molecule has 2 aromatic carbocycles. The topological polar surface area (TPSA) is 111 Å². The van der Waals surface area contributed by atoms with Crippen molar-refractivity contribution in [2.45, 2.75) is 10.9 Å². The minimum Gasteiger partial charge on any atom is -0.392 e. The van der Waals surface area contributed by atoms with Crippen LogP contribution in [0.1, 0.15) is 5.56 Å². The van der Waals surface area contributed by atoms with Gasteiger partial charge in [0.1, 0.15) is 0 Å². The fourth-order valence-corrected chi connectivity index (χ4v) is 4.12. The first-order valence-electron chi connectivity index (χ1n) is 7.64. The zero-order chi connectivity index (χ0) is 18.3. The summed E-state index contributed by atoms with van der Waals surface area (Å²) in [6, 6.07) is 15.5. The quantitative estimate of drug-likeness (QED) is 0.559. The molecule has 7 nitrogen and oxygen atoms in total. The van der Waals surface area contributed by atoms with Gasteiger partial charge in [0, 0.05) is 5.56 Å². The largest absolute Gasteiger partial charge is 0.392 e. The zero-order valence-corrected chi connectivity index (χ0v) is 15.0. The van der Waals surface area contributed by atoms with Crippen molar-refractivity contribution >= 4 is 26.3 Å². The lowest BCUT2D eigenvalue weighted by Crippen LogP contribution is -2.12. The van der Waals surface area contributed by atoms with E-state index in [1.54, 1.807) is 6.20 Å². The molecule has 0 fully saturated rings. The van der Waals surface area contributed by atoms with E-state index in [0.29, 0.717) is 10.7 Å². The number of hydrogen-bond acceptors (Lipinski definition) is 6. The van der Waals surface area contributed by atoms with E-state index in [-0.39, 0.29) is 10.9 Å². The predicted molar refractivity (Wildman–Crippen MR) is 99.0 cm³/mol. The van der Waals surface area contributed by atoms with E-state index in [1.165, 1.54) is 4.52 Å². The summed E-state index contributed by atoms with van der Waals surface area (Å²) in [6.45, 7) is 0.0184. The van der Waals surface area contributed by atoms with Gasteiger partial charge >= 0.3 is 0 Å². The summed E-state index contributed by atoms with van der Waals surface area (Å²) in [5.41, 5.74) is 4.48. The first kappa shape index (κ1) is 16.9. The van der Waals surface area contributed by atoms with Crippen LogP contribution in [-0.2, 0) is 16.6 Å². The van der Waals surface area contributed by atoms with E-state index in [9.17, 15) is 8.42 Å². The Morgan fingerprint density at radius 2 is 1.58 bits per heavy atom. The van der Waals surface area contributed by atoms with Gasteiger partial charge in [-0.05, 0) is 16.7 Å². The van der Waals surface area contributed by atoms with Crippen molar-refractivity contribution in [3.8, 4) is 22.4 Å². The third kappa shape index (κ3) is 3.01. The van der Waals surface area contributed by atoms with Crippen LogP contribution in [0.4, 0.5) is 0 Å². The second-order valence-corrected chi connectivity index (χ2v) is 8.37. The monoisotopic (exact) mass is 386 g/mol. The number of rotatable bonds is 4.